The molecule has 3 aliphatic heterocycles. The summed E-state index contributed by atoms with van der Waals surface area (Å²) in [6, 6.07) is 10.5. The second-order valence-electron chi connectivity index (χ2n) is 20.3. The topological polar surface area (TPSA) is 179 Å². The number of likely N-dealkylation sites (tertiary alicyclic amines) is 1. The standard InChI is InChI=1S/C53H66N8O8/c1-10-60-42-16-15-33-27-38(42)44-45(48(68-9)37-17-19-54-28-39(37)47(44)60)53(4,5)30-69-52(67)40-13-11-21-61(56-40)51(66)41(25-32-23-35(33)26-36(62)24-32)55-49(64)46(31(2)3)58(8)50(65)34-18-22-59(29-34)43(63)14-12-20-57(6)7/h15-17,19,23-24,26-28,31,34,40-41,45-46,48,56,62H,10-11,13,18,20-22,25,29-30H2,1-9H3,(H,55,64)/t34-,40-,41?,45?,46-,48+/m0/s1. The van der Waals surface area contributed by atoms with Crippen LogP contribution < -0.4 is 10.7 Å². The van der Waals surface area contributed by atoms with Gasteiger partial charge < -0.3 is 34.3 Å². The average Bonchev–Trinajstić information content (AvgIpc) is 3.95. The Balaban J connectivity index is 1.16. The molecule has 5 heterocycles. The third-order valence-electron chi connectivity index (χ3n) is 14.3. The fraction of sp³-hybridized carbons (Fsp3) is 0.509. The number of aromatic nitrogens is 2. The molecule has 4 aromatic rings. The summed E-state index contributed by atoms with van der Waals surface area (Å²) in [4.78, 5) is 80.0. The third kappa shape index (κ3) is 9.69. The number of carbonyl (C=O) groups is 5. The molecule has 366 valence electrons. The molecule has 6 bridgehead atoms. The van der Waals surface area contributed by atoms with Crippen molar-refractivity contribution >= 4 is 40.5 Å². The molecule has 4 aliphatic rings. The first-order valence-corrected chi connectivity index (χ1v) is 24.1. The highest BCUT2D eigenvalue weighted by molar-refractivity contribution is 5.98. The number of amides is 4. The van der Waals surface area contributed by atoms with Gasteiger partial charge in [0.25, 0.3) is 11.8 Å². The van der Waals surface area contributed by atoms with E-state index < -0.39 is 53.3 Å². The summed E-state index contributed by atoms with van der Waals surface area (Å²) in [6.45, 7) is 12.0. The molecule has 2 aromatic carbocycles. The van der Waals surface area contributed by atoms with Crippen molar-refractivity contribution < 1.29 is 38.6 Å². The number of phenolic OH excluding ortho intramolecular Hbond substituents is 1. The molecule has 2 unspecified atom stereocenters. The lowest BCUT2D eigenvalue weighted by atomic mass is 9.66. The molecule has 2 saturated heterocycles. The SMILES string of the molecule is CCn1c2c3c4cc(ccc41)-c1cc(O)cc(c1)CC(NC(=O)[C@H](C(C)C)N(C)C(=O)[C@H]1CCN(C(=O)C#CCN(C)C)C1)C(=O)N1CCC[C@H](N1)C(=O)OCC(C)(C)C3[C@H](OC)c1ccncc1-2. The Hall–Kier alpha value is -6.28. The van der Waals surface area contributed by atoms with Crippen molar-refractivity contribution in [1.82, 2.24) is 40.0 Å². The normalized spacial score (nSPS) is 22.6. The summed E-state index contributed by atoms with van der Waals surface area (Å²) in [5.41, 5.74) is 9.67. The molecule has 16 nitrogen and oxygen atoms in total. The molecule has 2 aromatic heterocycles. The Bertz CT molecular complexity index is 2720. The van der Waals surface area contributed by atoms with E-state index in [2.05, 4.69) is 65.0 Å². The minimum Gasteiger partial charge on any atom is -0.508 e. The molecule has 8 rings (SSSR count). The summed E-state index contributed by atoms with van der Waals surface area (Å²) < 4.78 is 14.9. The summed E-state index contributed by atoms with van der Waals surface area (Å²) in [7, 11) is 7.02. The van der Waals surface area contributed by atoms with Crippen molar-refractivity contribution in [3.8, 4) is 40.0 Å². The van der Waals surface area contributed by atoms with Crippen LogP contribution in [0.1, 0.15) is 82.6 Å². The lowest BCUT2D eigenvalue weighted by Gasteiger charge is -2.43. The van der Waals surface area contributed by atoms with E-state index in [9.17, 15) is 29.1 Å². The van der Waals surface area contributed by atoms with Gasteiger partial charge in [-0.3, -0.25) is 38.9 Å². The maximum Gasteiger partial charge on any atom is 0.324 e. The molecular weight excluding hydrogens is 877 g/mol. The van der Waals surface area contributed by atoms with Crippen LogP contribution in [-0.4, -0.2) is 143 Å². The summed E-state index contributed by atoms with van der Waals surface area (Å²) >= 11 is 0. The molecular formula is C53H66N8O8. The number of cyclic esters (lactones) is 1. The molecule has 3 N–H and O–H groups in total. The lowest BCUT2D eigenvalue weighted by Crippen LogP contribution is -2.62. The second kappa shape index (κ2) is 20.0. The minimum absolute atomic E-state index is 0.0155. The summed E-state index contributed by atoms with van der Waals surface area (Å²) in [5, 5.41) is 16.8. The number of esters is 1. The zero-order valence-electron chi connectivity index (χ0n) is 41.3. The van der Waals surface area contributed by atoms with E-state index in [0.717, 1.165) is 38.9 Å². The maximum atomic E-state index is 14.8. The number of phenols is 1. The number of nitrogens with one attached hydrogen (secondary N) is 2. The van der Waals surface area contributed by atoms with Gasteiger partial charge in [0.15, 0.2) is 0 Å². The van der Waals surface area contributed by atoms with Crippen LogP contribution >= 0.6 is 0 Å². The number of nitrogens with zero attached hydrogens (tertiary/aromatic N) is 6. The minimum atomic E-state index is -1.18. The van der Waals surface area contributed by atoms with E-state index in [1.165, 1.54) is 9.91 Å². The van der Waals surface area contributed by atoms with Gasteiger partial charge in [0.2, 0.25) is 11.8 Å². The zero-order valence-corrected chi connectivity index (χ0v) is 41.3. The first kappa shape index (κ1) is 49.2. The van der Waals surface area contributed by atoms with Crippen molar-refractivity contribution in [3.05, 3.63) is 71.5 Å². The van der Waals surface area contributed by atoms with Crippen molar-refractivity contribution in [3.63, 3.8) is 0 Å². The number of hydrogen-bond acceptors (Lipinski definition) is 11. The predicted molar refractivity (Wildman–Crippen MR) is 261 cm³/mol. The quantitative estimate of drug-likeness (QED) is 0.162. The number of carbonyl (C=O) groups excluding carboxylic acids is 5. The Kier molecular flexibility index (Phi) is 14.2. The van der Waals surface area contributed by atoms with E-state index in [4.69, 9.17) is 9.47 Å². The van der Waals surface area contributed by atoms with Crippen molar-refractivity contribution in [2.75, 3.05) is 61.0 Å². The number of likely N-dealkylation sites (N-methyl/N-ethyl adjacent to an activating group) is 1. The molecule has 6 atom stereocenters. The third-order valence-corrected chi connectivity index (χ3v) is 14.3. The number of pyridine rings is 1. The number of ether oxygens (including phenoxy) is 2. The molecule has 2 fully saturated rings. The van der Waals surface area contributed by atoms with E-state index in [1.54, 1.807) is 37.4 Å². The van der Waals surface area contributed by atoms with E-state index in [0.29, 0.717) is 50.0 Å². The number of hydrazine groups is 1. The van der Waals surface area contributed by atoms with Gasteiger partial charge in [-0.1, -0.05) is 45.7 Å². The number of aromatic hydroxyl groups is 1. The first-order valence-electron chi connectivity index (χ1n) is 24.1. The first-order chi connectivity index (χ1) is 32.9. The Labute approximate surface area is 404 Å². The highest BCUT2D eigenvalue weighted by atomic mass is 16.5. The smallest absolute Gasteiger partial charge is 0.324 e. The van der Waals surface area contributed by atoms with Gasteiger partial charge in [0.1, 0.15) is 23.9 Å². The van der Waals surface area contributed by atoms with Gasteiger partial charge in [0, 0.05) is 87.0 Å². The van der Waals surface area contributed by atoms with Crippen LogP contribution in [0.4, 0.5) is 0 Å². The summed E-state index contributed by atoms with van der Waals surface area (Å²) in [6.07, 6.45) is 4.60. The van der Waals surface area contributed by atoms with E-state index in [-0.39, 0.29) is 55.5 Å². The van der Waals surface area contributed by atoms with Crippen LogP contribution in [-0.2, 0) is 46.4 Å². The van der Waals surface area contributed by atoms with Gasteiger partial charge in [-0.05, 0) is 110 Å². The van der Waals surface area contributed by atoms with E-state index >= 15 is 0 Å². The van der Waals surface area contributed by atoms with Crippen LogP contribution in [0.5, 0.6) is 5.75 Å². The number of aryl methyl sites for hydroxylation is 1. The highest BCUT2D eigenvalue weighted by Gasteiger charge is 2.47. The highest BCUT2D eigenvalue weighted by Crippen LogP contribution is 2.57. The molecule has 0 spiro atoms. The molecule has 4 amide bonds. The molecule has 1 aliphatic carbocycles. The van der Waals surface area contributed by atoms with Gasteiger partial charge in [0.05, 0.1) is 30.9 Å². The monoisotopic (exact) mass is 943 g/mol. The Morgan fingerprint density at radius 3 is 2.57 bits per heavy atom. The fourth-order valence-corrected chi connectivity index (χ4v) is 11.0. The molecule has 16 heteroatoms. The number of fused-ring (bicyclic) bond motifs is 8. The fourth-order valence-electron chi connectivity index (χ4n) is 11.0. The van der Waals surface area contributed by atoms with Gasteiger partial charge in [-0.15, -0.1) is 0 Å². The zero-order chi connectivity index (χ0) is 49.5. The van der Waals surface area contributed by atoms with Gasteiger partial charge >= 0.3 is 5.97 Å². The van der Waals surface area contributed by atoms with Gasteiger partial charge in [-0.25, -0.2) is 5.43 Å². The van der Waals surface area contributed by atoms with Crippen molar-refractivity contribution in [1.29, 1.82) is 0 Å². The Morgan fingerprint density at radius 1 is 1.06 bits per heavy atom. The summed E-state index contributed by atoms with van der Waals surface area (Å²) in [5.74, 6) is 2.20. The van der Waals surface area contributed by atoms with Crippen molar-refractivity contribution in [2.24, 2.45) is 17.3 Å². The number of rotatable bonds is 8. The maximum absolute atomic E-state index is 14.8. The van der Waals surface area contributed by atoms with Gasteiger partial charge in [-0.2, -0.15) is 0 Å². The Morgan fingerprint density at radius 2 is 1.84 bits per heavy atom. The van der Waals surface area contributed by atoms with Crippen LogP contribution in [0.15, 0.2) is 54.9 Å². The number of hydrogen-bond donors (Lipinski definition) is 3. The average molecular weight is 943 g/mol. The molecule has 0 radical (unpaired) electrons. The molecule has 0 saturated carbocycles. The van der Waals surface area contributed by atoms with E-state index in [1.807, 2.05) is 57.2 Å². The number of methoxy groups -OCH3 is 1. The predicted octanol–water partition coefficient (Wildman–Crippen LogP) is 4.88. The number of benzene rings is 2. The van der Waals surface area contributed by atoms with Crippen LogP contribution in [0.2, 0.25) is 0 Å². The van der Waals surface area contributed by atoms with Crippen LogP contribution in [0, 0.1) is 29.1 Å². The van der Waals surface area contributed by atoms with Crippen LogP contribution in [0.3, 0.4) is 0 Å². The largest absolute Gasteiger partial charge is 0.508 e. The lowest BCUT2D eigenvalue weighted by molar-refractivity contribution is -0.156. The van der Waals surface area contributed by atoms with Crippen molar-refractivity contribution in [2.45, 2.75) is 97.0 Å². The molecule has 69 heavy (non-hydrogen) atoms. The van der Waals surface area contributed by atoms with Crippen LogP contribution in [0.25, 0.3) is 33.3 Å². The second-order valence-corrected chi connectivity index (χ2v) is 20.3.